The molecule has 0 N–H and O–H groups in total. The first-order valence-corrected chi connectivity index (χ1v) is 4.67. The van der Waals surface area contributed by atoms with E-state index in [0.717, 1.165) is 11.6 Å². The fourth-order valence-corrected chi connectivity index (χ4v) is 1.51. The van der Waals surface area contributed by atoms with Crippen LogP contribution >= 0.6 is 0 Å². The lowest BCUT2D eigenvalue weighted by atomic mass is 9.86. The average Bonchev–Trinajstić information content (AvgIpc) is 1.99. The number of aromatic nitrogens is 1. The van der Waals surface area contributed by atoms with Gasteiger partial charge in [-0.2, -0.15) is 13.2 Å². The van der Waals surface area contributed by atoms with Gasteiger partial charge in [0.25, 0.3) is 0 Å². The number of pyridine rings is 1. The van der Waals surface area contributed by atoms with Gasteiger partial charge in [0, 0.05) is 5.69 Å². The summed E-state index contributed by atoms with van der Waals surface area (Å²) in [5, 5.41) is 0. The molecule has 0 fully saturated rings. The molecule has 0 spiro atoms. The van der Waals surface area contributed by atoms with E-state index in [4.69, 9.17) is 0 Å². The van der Waals surface area contributed by atoms with Crippen LogP contribution in [0.4, 0.5) is 13.2 Å². The van der Waals surface area contributed by atoms with Crippen LogP contribution in [0.5, 0.6) is 0 Å². The van der Waals surface area contributed by atoms with Gasteiger partial charge in [-0.25, -0.2) is 4.98 Å². The van der Waals surface area contributed by atoms with E-state index < -0.39 is 11.9 Å². The van der Waals surface area contributed by atoms with E-state index in [1.807, 2.05) is 20.8 Å². The maximum atomic E-state index is 12.3. The molecular formula is C11H14F3N. The molecule has 1 aromatic rings. The summed E-state index contributed by atoms with van der Waals surface area (Å²) < 4.78 is 37.0. The van der Waals surface area contributed by atoms with Crippen molar-refractivity contribution in [3.05, 3.63) is 29.1 Å². The molecule has 0 atom stereocenters. The Labute approximate surface area is 87.3 Å². The van der Waals surface area contributed by atoms with Gasteiger partial charge in [0.2, 0.25) is 0 Å². The van der Waals surface area contributed by atoms with Crippen LogP contribution in [-0.2, 0) is 11.6 Å². The first-order valence-electron chi connectivity index (χ1n) is 4.67. The van der Waals surface area contributed by atoms with E-state index in [9.17, 15) is 13.2 Å². The molecular weight excluding hydrogens is 203 g/mol. The summed E-state index contributed by atoms with van der Waals surface area (Å²) in [6, 6.07) is 2.54. The first kappa shape index (κ1) is 12.0. The Morgan fingerprint density at radius 3 is 1.93 bits per heavy atom. The molecule has 1 aromatic heterocycles. The van der Waals surface area contributed by atoms with Gasteiger partial charge < -0.3 is 0 Å². The largest absolute Gasteiger partial charge is 0.433 e. The molecule has 4 heteroatoms. The number of nitrogens with zero attached hydrogens (tertiary/aromatic N) is 1. The average molecular weight is 217 g/mol. The van der Waals surface area contributed by atoms with Crippen molar-refractivity contribution in [3.63, 3.8) is 0 Å². The highest BCUT2D eigenvalue weighted by atomic mass is 19.4. The zero-order chi connectivity index (χ0) is 11.9. The van der Waals surface area contributed by atoms with Crippen LogP contribution in [0.3, 0.4) is 0 Å². The zero-order valence-corrected chi connectivity index (χ0v) is 9.24. The Morgan fingerprint density at radius 2 is 1.60 bits per heavy atom. The second kappa shape index (κ2) is 3.51. The summed E-state index contributed by atoms with van der Waals surface area (Å²) in [6.45, 7) is 7.45. The van der Waals surface area contributed by atoms with Gasteiger partial charge in [-0.3, -0.25) is 0 Å². The fraction of sp³-hybridized carbons (Fsp3) is 0.545. The fourth-order valence-electron chi connectivity index (χ4n) is 1.51. The number of aryl methyl sites for hydroxylation is 1. The van der Waals surface area contributed by atoms with Gasteiger partial charge in [-0.1, -0.05) is 26.8 Å². The maximum absolute atomic E-state index is 12.3. The summed E-state index contributed by atoms with van der Waals surface area (Å²) in [4.78, 5) is 3.59. The predicted molar refractivity (Wildman–Crippen MR) is 52.7 cm³/mol. The van der Waals surface area contributed by atoms with Gasteiger partial charge >= 0.3 is 6.18 Å². The molecule has 0 radical (unpaired) electrons. The lowest BCUT2D eigenvalue weighted by Crippen LogP contribution is -2.16. The van der Waals surface area contributed by atoms with Gasteiger partial charge in [-0.15, -0.1) is 0 Å². The van der Waals surface area contributed by atoms with Gasteiger partial charge in [-0.05, 0) is 24.0 Å². The molecule has 0 bridgehead atoms. The lowest BCUT2D eigenvalue weighted by Gasteiger charge is -2.21. The minimum atomic E-state index is -4.36. The number of hydrogen-bond acceptors (Lipinski definition) is 1. The van der Waals surface area contributed by atoms with Crippen molar-refractivity contribution in [2.45, 2.75) is 39.3 Å². The summed E-state index contributed by atoms with van der Waals surface area (Å²) in [6.07, 6.45) is -4.36. The summed E-state index contributed by atoms with van der Waals surface area (Å²) >= 11 is 0. The SMILES string of the molecule is Cc1nc(C(F)(F)F)ccc1C(C)(C)C. The van der Waals surface area contributed by atoms with Crippen molar-refractivity contribution < 1.29 is 13.2 Å². The predicted octanol–water partition coefficient (Wildman–Crippen LogP) is 3.71. The van der Waals surface area contributed by atoms with Crippen LogP contribution in [0, 0.1) is 6.92 Å². The third-order valence-electron chi connectivity index (χ3n) is 2.18. The molecule has 0 aliphatic rings. The highest BCUT2D eigenvalue weighted by Gasteiger charge is 2.33. The zero-order valence-electron chi connectivity index (χ0n) is 9.24. The molecule has 84 valence electrons. The van der Waals surface area contributed by atoms with Gasteiger partial charge in [0.15, 0.2) is 0 Å². The minimum Gasteiger partial charge on any atom is -0.248 e. The van der Waals surface area contributed by atoms with Crippen LogP contribution in [0.2, 0.25) is 0 Å². The maximum Gasteiger partial charge on any atom is 0.433 e. The Hall–Kier alpha value is -1.06. The Kier molecular flexibility index (Phi) is 2.81. The molecule has 0 amide bonds. The molecule has 0 saturated carbocycles. The lowest BCUT2D eigenvalue weighted by molar-refractivity contribution is -0.141. The van der Waals surface area contributed by atoms with Gasteiger partial charge in [0.1, 0.15) is 5.69 Å². The van der Waals surface area contributed by atoms with Gasteiger partial charge in [0.05, 0.1) is 0 Å². The summed E-state index contributed by atoms with van der Waals surface area (Å²) in [5.41, 5.74) is 0.280. The molecule has 0 saturated heterocycles. The minimum absolute atomic E-state index is 0.179. The standard InChI is InChI=1S/C11H14F3N/c1-7-8(10(2,3)4)5-6-9(15-7)11(12,13)14/h5-6H,1-4H3. The van der Waals surface area contributed by atoms with E-state index in [1.54, 1.807) is 6.92 Å². The van der Waals surface area contributed by atoms with Crippen molar-refractivity contribution in [3.8, 4) is 0 Å². The second-order valence-electron chi connectivity index (χ2n) is 4.58. The highest BCUT2D eigenvalue weighted by Crippen LogP contribution is 2.31. The van der Waals surface area contributed by atoms with Crippen molar-refractivity contribution in [1.82, 2.24) is 4.98 Å². The van der Waals surface area contributed by atoms with Crippen LogP contribution in [-0.4, -0.2) is 4.98 Å². The Bertz CT molecular complexity index is 361. The first-order chi connectivity index (χ1) is 6.62. The molecule has 0 aliphatic carbocycles. The van der Waals surface area contributed by atoms with E-state index in [1.165, 1.54) is 6.07 Å². The third kappa shape index (κ3) is 2.70. The van der Waals surface area contributed by atoms with Crippen LogP contribution in [0.15, 0.2) is 12.1 Å². The normalized spacial score (nSPS) is 13.0. The highest BCUT2D eigenvalue weighted by molar-refractivity contribution is 5.29. The van der Waals surface area contributed by atoms with Crippen molar-refractivity contribution in [1.29, 1.82) is 0 Å². The van der Waals surface area contributed by atoms with E-state index >= 15 is 0 Å². The molecule has 0 aromatic carbocycles. The summed E-state index contributed by atoms with van der Waals surface area (Å²) in [7, 11) is 0. The summed E-state index contributed by atoms with van der Waals surface area (Å²) in [5.74, 6) is 0. The van der Waals surface area contributed by atoms with Crippen molar-refractivity contribution in [2.24, 2.45) is 0 Å². The number of hydrogen-bond donors (Lipinski definition) is 0. The quantitative estimate of drug-likeness (QED) is 0.645. The second-order valence-corrected chi connectivity index (χ2v) is 4.58. The molecule has 15 heavy (non-hydrogen) atoms. The topological polar surface area (TPSA) is 12.9 Å². The Balaban J connectivity index is 3.21. The molecule has 1 rings (SSSR count). The van der Waals surface area contributed by atoms with Crippen LogP contribution < -0.4 is 0 Å². The van der Waals surface area contributed by atoms with Crippen molar-refractivity contribution in [2.75, 3.05) is 0 Å². The molecule has 0 aliphatic heterocycles. The molecule has 1 heterocycles. The monoisotopic (exact) mass is 217 g/mol. The van der Waals surface area contributed by atoms with E-state index in [0.29, 0.717) is 5.69 Å². The number of alkyl halides is 3. The Morgan fingerprint density at radius 1 is 1.07 bits per heavy atom. The van der Waals surface area contributed by atoms with E-state index in [2.05, 4.69) is 4.98 Å². The number of halogens is 3. The van der Waals surface area contributed by atoms with Crippen LogP contribution in [0.1, 0.15) is 37.7 Å². The van der Waals surface area contributed by atoms with Crippen molar-refractivity contribution >= 4 is 0 Å². The van der Waals surface area contributed by atoms with Crippen LogP contribution in [0.25, 0.3) is 0 Å². The third-order valence-corrected chi connectivity index (χ3v) is 2.18. The van der Waals surface area contributed by atoms with E-state index in [-0.39, 0.29) is 5.41 Å². The molecule has 0 unspecified atom stereocenters. The number of rotatable bonds is 0. The molecule has 1 nitrogen and oxygen atoms in total. The smallest absolute Gasteiger partial charge is 0.248 e.